The van der Waals surface area contributed by atoms with Crippen molar-refractivity contribution in [1.29, 1.82) is 0 Å². The highest BCUT2D eigenvalue weighted by atomic mass is 16.4. The Bertz CT molecular complexity index is 415. The van der Waals surface area contributed by atoms with Gasteiger partial charge in [-0.25, -0.2) is 4.79 Å². The van der Waals surface area contributed by atoms with Gasteiger partial charge in [0.1, 0.15) is 0 Å². The first kappa shape index (κ1) is 19.3. The Kier molecular flexibility index (Phi) is 13.5. The number of unbranched alkanes of at least 4 members (excludes halogenated alkanes) is 6. The second kappa shape index (κ2) is 14.7. The van der Waals surface area contributed by atoms with Crippen LogP contribution in [0.3, 0.4) is 0 Å². The van der Waals surface area contributed by atoms with Gasteiger partial charge in [-0.05, 0) is 43.6 Å². The third-order valence-corrected chi connectivity index (χ3v) is 2.96. The van der Waals surface area contributed by atoms with E-state index >= 15 is 0 Å². The normalized spacial score (nSPS) is 11.3. The molecular weight excluding hydrogens is 264 g/mol. The highest BCUT2D eigenvalue weighted by Crippen LogP contribution is 2.07. The van der Waals surface area contributed by atoms with Gasteiger partial charge in [-0.15, -0.1) is 0 Å². The largest absolute Gasteiger partial charge is 0.479 e. The third-order valence-electron chi connectivity index (χ3n) is 2.96. The van der Waals surface area contributed by atoms with Gasteiger partial charge in [-0.1, -0.05) is 50.5 Å². The summed E-state index contributed by atoms with van der Waals surface area (Å²) in [4.78, 5) is 10.4. The van der Waals surface area contributed by atoms with E-state index in [0.29, 0.717) is 6.42 Å². The maximum Gasteiger partial charge on any atom is 0.332 e. The molecule has 0 spiro atoms. The van der Waals surface area contributed by atoms with Gasteiger partial charge in [0, 0.05) is 6.42 Å². The Hall–Kier alpha value is -1.71. The molecule has 0 aromatic rings. The van der Waals surface area contributed by atoms with E-state index in [1.165, 1.54) is 0 Å². The van der Waals surface area contributed by atoms with Gasteiger partial charge in [-0.2, -0.15) is 0 Å². The Morgan fingerprint density at radius 1 is 1.14 bits per heavy atom. The van der Waals surface area contributed by atoms with Crippen molar-refractivity contribution in [3.05, 3.63) is 12.2 Å². The lowest BCUT2D eigenvalue weighted by Gasteiger charge is -2.04. The lowest BCUT2D eigenvalue weighted by Crippen LogP contribution is -2.18. The number of hydrogen-bond acceptors (Lipinski definition) is 2. The molecule has 0 rings (SSSR count). The van der Waals surface area contributed by atoms with Crippen LogP contribution in [-0.4, -0.2) is 22.3 Å². The fraction of sp³-hybridized carbons (Fsp3) is 0.611. The number of carbonyl (C=O) groups is 1. The Labute approximate surface area is 128 Å². The predicted octanol–water partition coefficient (Wildman–Crippen LogP) is 3.53. The molecule has 0 aliphatic carbocycles. The van der Waals surface area contributed by atoms with Crippen LogP contribution in [0.4, 0.5) is 0 Å². The van der Waals surface area contributed by atoms with Crippen molar-refractivity contribution in [3.8, 4) is 23.7 Å². The first-order valence-corrected chi connectivity index (χ1v) is 7.72. The molecule has 1 atom stereocenters. The molecule has 0 radical (unpaired) electrons. The minimum absolute atomic E-state index is 0.341. The summed E-state index contributed by atoms with van der Waals surface area (Å²) in [6.07, 6.45) is 11.0. The van der Waals surface area contributed by atoms with E-state index in [-0.39, 0.29) is 0 Å². The molecule has 0 aromatic heterocycles. The van der Waals surface area contributed by atoms with Crippen LogP contribution in [-0.2, 0) is 4.79 Å². The van der Waals surface area contributed by atoms with Crippen LogP contribution in [0.2, 0.25) is 0 Å². The van der Waals surface area contributed by atoms with Crippen molar-refractivity contribution >= 4 is 5.97 Å². The first-order valence-electron chi connectivity index (χ1n) is 7.72. The van der Waals surface area contributed by atoms with Crippen LogP contribution in [0.15, 0.2) is 12.2 Å². The molecule has 0 aliphatic rings. The highest BCUT2D eigenvalue weighted by Gasteiger charge is 2.11. The Morgan fingerprint density at radius 2 is 1.90 bits per heavy atom. The lowest BCUT2D eigenvalue weighted by atomic mass is 10.1. The summed E-state index contributed by atoms with van der Waals surface area (Å²) >= 11 is 0. The minimum atomic E-state index is -1.21. The number of carboxylic acid groups (broad SMARTS) is 1. The summed E-state index contributed by atoms with van der Waals surface area (Å²) in [6.45, 7) is 2.14. The predicted molar refractivity (Wildman–Crippen MR) is 85.6 cm³/mol. The number of allylic oxidation sites excluding steroid dienone is 2. The fourth-order valence-corrected chi connectivity index (χ4v) is 1.67. The van der Waals surface area contributed by atoms with E-state index in [1.54, 1.807) is 0 Å². The lowest BCUT2D eigenvalue weighted by molar-refractivity contribution is -0.146. The zero-order chi connectivity index (χ0) is 15.8. The molecule has 3 nitrogen and oxygen atoms in total. The van der Waals surface area contributed by atoms with Gasteiger partial charge in [0.15, 0.2) is 6.10 Å². The zero-order valence-electron chi connectivity index (χ0n) is 12.9. The summed E-state index contributed by atoms with van der Waals surface area (Å²) in [6, 6.07) is 0. The van der Waals surface area contributed by atoms with Crippen molar-refractivity contribution in [2.24, 2.45) is 0 Å². The number of hydrogen-bond donors (Lipinski definition) is 2. The molecular formula is C18H26O3. The molecule has 0 bridgehead atoms. The third kappa shape index (κ3) is 14.5. The standard InChI is InChI=1S/C18H26O3/c1-2-3-4-5-6-7-8-9-10-11-12-13-14-15-16-17(19)18(20)21/h9-10,17,19H,2-4,11-16H2,1H3,(H,20,21)/b10-9+. The Balaban J connectivity index is 3.46. The van der Waals surface area contributed by atoms with E-state index in [2.05, 4.69) is 30.6 Å². The average molecular weight is 290 g/mol. The van der Waals surface area contributed by atoms with E-state index in [9.17, 15) is 4.79 Å². The second-order valence-electron chi connectivity index (χ2n) is 4.92. The molecule has 21 heavy (non-hydrogen) atoms. The van der Waals surface area contributed by atoms with Gasteiger partial charge in [0.25, 0.3) is 0 Å². The highest BCUT2D eigenvalue weighted by molar-refractivity contribution is 5.71. The second-order valence-corrected chi connectivity index (χ2v) is 4.92. The molecule has 0 heterocycles. The zero-order valence-corrected chi connectivity index (χ0v) is 12.9. The van der Waals surface area contributed by atoms with Crippen LogP contribution in [0.5, 0.6) is 0 Å². The van der Waals surface area contributed by atoms with Gasteiger partial charge >= 0.3 is 5.97 Å². The molecule has 3 heteroatoms. The molecule has 2 N–H and O–H groups in total. The SMILES string of the molecule is CCCCC#CC#C/C=C/CCCCCCC(O)C(=O)O. The van der Waals surface area contributed by atoms with Gasteiger partial charge < -0.3 is 10.2 Å². The number of carboxylic acids is 1. The topological polar surface area (TPSA) is 57.5 Å². The van der Waals surface area contributed by atoms with Crippen molar-refractivity contribution in [2.45, 2.75) is 70.8 Å². The number of aliphatic hydroxyl groups is 1. The molecule has 1 unspecified atom stereocenters. The molecule has 116 valence electrons. The van der Waals surface area contributed by atoms with E-state index in [4.69, 9.17) is 10.2 Å². The summed E-state index contributed by atoms with van der Waals surface area (Å²) < 4.78 is 0. The maximum atomic E-state index is 10.4. The average Bonchev–Trinajstić information content (AvgIpc) is 2.47. The van der Waals surface area contributed by atoms with Crippen molar-refractivity contribution in [3.63, 3.8) is 0 Å². The first-order chi connectivity index (χ1) is 10.2. The quantitative estimate of drug-likeness (QED) is 0.478. The monoisotopic (exact) mass is 290 g/mol. The molecule has 0 fully saturated rings. The number of aliphatic hydroxyl groups excluding tert-OH is 1. The van der Waals surface area contributed by atoms with E-state index < -0.39 is 12.1 Å². The van der Waals surface area contributed by atoms with Crippen LogP contribution in [0.25, 0.3) is 0 Å². The summed E-state index contributed by atoms with van der Waals surface area (Å²) in [5.74, 6) is 10.4. The fourth-order valence-electron chi connectivity index (χ4n) is 1.67. The van der Waals surface area contributed by atoms with Crippen LogP contribution in [0.1, 0.15) is 64.7 Å². The van der Waals surface area contributed by atoms with Crippen LogP contribution >= 0.6 is 0 Å². The smallest absolute Gasteiger partial charge is 0.332 e. The van der Waals surface area contributed by atoms with Crippen LogP contribution < -0.4 is 0 Å². The minimum Gasteiger partial charge on any atom is -0.479 e. The van der Waals surface area contributed by atoms with Crippen molar-refractivity contribution in [2.75, 3.05) is 0 Å². The van der Waals surface area contributed by atoms with E-state index in [1.807, 2.05) is 12.2 Å². The van der Waals surface area contributed by atoms with Gasteiger partial charge in [-0.3, -0.25) is 0 Å². The number of aliphatic carboxylic acids is 1. The molecule has 0 aliphatic heterocycles. The molecule has 0 saturated heterocycles. The summed E-state index contributed by atoms with van der Waals surface area (Å²) in [5, 5.41) is 17.6. The molecule has 0 saturated carbocycles. The van der Waals surface area contributed by atoms with Gasteiger partial charge in [0.2, 0.25) is 0 Å². The summed E-state index contributed by atoms with van der Waals surface area (Å²) in [7, 11) is 0. The maximum absolute atomic E-state index is 10.4. The molecule has 0 aromatic carbocycles. The van der Waals surface area contributed by atoms with Gasteiger partial charge in [0.05, 0.1) is 0 Å². The van der Waals surface area contributed by atoms with E-state index in [0.717, 1.165) is 51.4 Å². The van der Waals surface area contributed by atoms with Crippen molar-refractivity contribution < 1.29 is 15.0 Å². The Morgan fingerprint density at radius 3 is 2.62 bits per heavy atom. The number of rotatable bonds is 10. The molecule has 0 amide bonds. The summed E-state index contributed by atoms with van der Waals surface area (Å²) in [5.41, 5.74) is 0. The van der Waals surface area contributed by atoms with Crippen LogP contribution in [0, 0.1) is 23.7 Å². The van der Waals surface area contributed by atoms with Crippen molar-refractivity contribution in [1.82, 2.24) is 0 Å².